The average Bonchev–Trinajstić information content (AvgIpc) is 3.09. The third-order valence-electron chi connectivity index (χ3n) is 4.23. The van der Waals surface area contributed by atoms with E-state index in [0.29, 0.717) is 17.2 Å². The molecule has 1 aromatic heterocycles. The first-order valence-corrected chi connectivity index (χ1v) is 9.00. The van der Waals surface area contributed by atoms with Crippen LogP contribution >= 0.6 is 22.9 Å². The first-order chi connectivity index (χ1) is 11.8. The number of carbonyl (C=O) groups excluding carboxylic acids is 2. The maximum absolute atomic E-state index is 11.8. The number of Topliss-reactive ketones (excluding diaryl/α,β-unsaturated/α-hetero) is 1. The van der Waals surface area contributed by atoms with Crippen LogP contribution in [0.4, 0.5) is 4.79 Å². The van der Waals surface area contributed by atoms with Crippen molar-refractivity contribution >= 4 is 34.8 Å². The molecule has 3 rings (SSSR count). The molecule has 7 heteroatoms. The van der Waals surface area contributed by atoms with Crippen LogP contribution < -0.4 is 10.1 Å². The number of nitrogens with one attached hydrogen (secondary N) is 1. The number of fused-ring (bicyclic) bond motifs is 1. The molecule has 25 heavy (non-hydrogen) atoms. The van der Waals surface area contributed by atoms with Gasteiger partial charge in [-0.2, -0.15) is 0 Å². The van der Waals surface area contributed by atoms with Gasteiger partial charge in [-0.05, 0) is 49.6 Å². The zero-order chi connectivity index (χ0) is 18.3. The lowest BCUT2D eigenvalue weighted by atomic mass is 10.0. The van der Waals surface area contributed by atoms with Crippen LogP contribution in [-0.4, -0.2) is 25.2 Å². The normalized spacial score (nSPS) is 15.5. The van der Waals surface area contributed by atoms with Gasteiger partial charge in [0.25, 0.3) is 0 Å². The number of hydrogen-bond acceptors (Lipinski definition) is 5. The van der Waals surface area contributed by atoms with E-state index in [0.717, 1.165) is 32.0 Å². The molecule has 1 aromatic carbocycles. The van der Waals surface area contributed by atoms with Crippen molar-refractivity contribution in [2.45, 2.75) is 33.5 Å². The molecular formula is C18H18ClNO4S. The van der Waals surface area contributed by atoms with E-state index in [2.05, 4.69) is 5.32 Å². The molecule has 2 heterocycles. The van der Waals surface area contributed by atoms with Gasteiger partial charge in [-0.1, -0.05) is 11.6 Å². The summed E-state index contributed by atoms with van der Waals surface area (Å²) in [4.78, 5) is 24.9. The Morgan fingerprint density at radius 3 is 2.64 bits per heavy atom. The minimum Gasteiger partial charge on any atom is -0.452 e. The summed E-state index contributed by atoms with van der Waals surface area (Å²) in [5.74, 6) is 0.600. The molecule has 1 aliphatic heterocycles. The molecular weight excluding hydrogens is 362 g/mol. The van der Waals surface area contributed by atoms with Gasteiger partial charge < -0.3 is 14.8 Å². The van der Waals surface area contributed by atoms with Crippen molar-refractivity contribution in [2.24, 2.45) is 0 Å². The van der Waals surface area contributed by atoms with Crippen LogP contribution in [0.15, 0.2) is 12.1 Å². The van der Waals surface area contributed by atoms with Crippen molar-refractivity contribution in [3.05, 3.63) is 38.7 Å². The van der Waals surface area contributed by atoms with Crippen molar-refractivity contribution in [2.75, 3.05) is 7.05 Å². The van der Waals surface area contributed by atoms with E-state index in [1.165, 1.54) is 18.4 Å². The van der Waals surface area contributed by atoms with E-state index in [1.807, 2.05) is 26.0 Å². The lowest BCUT2D eigenvalue weighted by molar-refractivity contribution is -0.0156. The highest BCUT2D eigenvalue weighted by molar-refractivity contribution is 7.17. The van der Waals surface area contributed by atoms with Crippen LogP contribution in [0.25, 0.3) is 10.4 Å². The van der Waals surface area contributed by atoms with Crippen molar-refractivity contribution in [3.8, 4) is 16.2 Å². The summed E-state index contributed by atoms with van der Waals surface area (Å²) < 4.78 is 10.8. The number of halogens is 1. The fourth-order valence-electron chi connectivity index (χ4n) is 2.87. The smallest absolute Gasteiger partial charge is 0.409 e. The number of alkyl carbamates (subject to hydrolysis) is 1. The summed E-state index contributed by atoms with van der Waals surface area (Å²) in [6.07, 6.45) is -0.814. The molecule has 0 saturated carbocycles. The Bertz CT molecular complexity index is 874. The van der Waals surface area contributed by atoms with Gasteiger partial charge in [-0.25, -0.2) is 4.79 Å². The molecule has 1 N–H and O–H groups in total. The molecule has 1 atom stereocenters. The number of rotatable bonds is 3. The molecule has 132 valence electrons. The SMILES string of the molecule is CNC(=O)OC1Cc2cc(-c3sc(C(C)=O)c(C)c3C)cc(Cl)c2O1. The molecule has 1 amide bonds. The van der Waals surface area contributed by atoms with Gasteiger partial charge in [0.1, 0.15) is 5.75 Å². The van der Waals surface area contributed by atoms with Crippen LogP contribution in [0.2, 0.25) is 5.02 Å². The summed E-state index contributed by atoms with van der Waals surface area (Å²) in [6.45, 7) is 5.53. The Kier molecular flexibility index (Phi) is 4.75. The molecule has 2 aromatic rings. The lowest BCUT2D eigenvalue weighted by Crippen LogP contribution is -2.28. The molecule has 0 aliphatic carbocycles. The van der Waals surface area contributed by atoms with Crippen LogP contribution in [0.3, 0.4) is 0 Å². The maximum atomic E-state index is 11.8. The predicted octanol–water partition coefficient (Wildman–Crippen LogP) is 4.50. The second-order valence-electron chi connectivity index (χ2n) is 5.92. The minimum absolute atomic E-state index is 0.0616. The van der Waals surface area contributed by atoms with E-state index in [9.17, 15) is 9.59 Å². The standard InChI is InChI=1S/C18H18ClNO4S/c1-8-9(2)17(25-16(8)10(3)21)12-5-11-7-14(24-18(22)20-4)23-15(11)13(19)6-12/h5-6,14H,7H2,1-4H3,(H,20,22). The summed E-state index contributed by atoms with van der Waals surface area (Å²) in [7, 11) is 1.49. The number of benzene rings is 1. The summed E-state index contributed by atoms with van der Waals surface area (Å²) in [6, 6.07) is 3.81. The number of carbonyl (C=O) groups is 2. The molecule has 1 unspecified atom stereocenters. The Hall–Kier alpha value is -2.05. The fourth-order valence-corrected chi connectivity index (χ4v) is 4.35. The molecule has 0 bridgehead atoms. The van der Waals surface area contributed by atoms with Crippen LogP contribution in [0.5, 0.6) is 5.75 Å². The molecule has 0 fully saturated rings. The topological polar surface area (TPSA) is 64.6 Å². The van der Waals surface area contributed by atoms with Crippen molar-refractivity contribution < 1.29 is 19.1 Å². The van der Waals surface area contributed by atoms with E-state index in [1.54, 1.807) is 6.92 Å². The predicted molar refractivity (Wildman–Crippen MR) is 97.9 cm³/mol. The minimum atomic E-state index is -0.693. The summed E-state index contributed by atoms with van der Waals surface area (Å²) >= 11 is 7.85. The van der Waals surface area contributed by atoms with Crippen LogP contribution in [-0.2, 0) is 11.2 Å². The van der Waals surface area contributed by atoms with Crippen molar-refractivity contribution in [1.82, 2.24) is 5.32 Å². The van der Waals surface area contributed by atoms with Crippen LogP contribution in [0.1, 0.15) is 33.3 Å². The maximum Gasteiger partial charge on any atom is 0.409 e. The fraction of sp³-hybridized carbons (Fsp3) is 0.333. The average molecular weight is 380 g/mol. The van der Waals surface area contributed by atoms with Crippen molar-refractivity contribution in [3.63, 3.8) is 0 Å². The first kappa shape index (κ1) is 17.8. The van der Waals surface area contributed by atoms with Gasteiger partial charge in [0.15, 0.2) is 5.78 Å². The zero-order valence-corrected chi connectivity index (χ0v) is 15.9. The number of ether oxygens (including phenoxy) is 2. The number of hydrogen-bond donors (Lipinski definition) is 1. The van der Waals surface area contributed by atoms with Crippen molar-refractivity contribution in [1.29, 1.82) is 0 Å². The quantitative estimate of drug-likeness (QED) is 0.797. The zero-order valence-electron chi connectivity index (χ0n) is 14.4. The van der Waals surface area contributed by atoms with Gasteiger partial charge in [0.05, 0.1) is 16.3 Å². The third kappa shape index (κ3) is 3.24. The third-order valence-corrected chi connectivity index (χ3v) is 6.05. The number of thiophene rings is 1. The lowest BCUT2D eigenvalue weighted by Gasteiger charge is -2.11. The Labute approximate surface area is 154 Å². The highest BCUT2D eigenvalue weighted by Gasteiger charge is 2.29. The highest BCUT2D eigenvalue weighted by Crippen LogP contribution is 2.43. The van der Waals surface area contributed by atoms with Gasteiger partial charge in [0, 0.05) is 17.5 Å². The highest BCUT2D eigenvalue weighted by atomic mass is 35.5. The van der Waals surface area contributed by atoms with E-state index in [-0.39, 0.29) is 5.78 Å². The number of ketones is 1. The van der Waals surface area contributed by atoms with E-state index < -0.39 is 12.4 Å². The molecule has 0 saturated heterocycles. The molecule has 1 aliphatic rings. The van der Waals surface area contributed by atoms with Gasteiger partial charge in [-0.3, -0.25) is 4.79 Å². The Morgan fingerprint density at radius 2 is 2.04 bits per heavy atom. The summed E-state index contributed by atoms with van der Waals surface area (Å²) in [5, 5.41) is 2.86. The first-order valence-electron chi connectivity index (χ1n) is 7.80. The van der Waals surface area contributed by atoms with Gasteiger partial charge >= 0.3 is 6.09 Å². The van der Waals surface area contributed by atoms with Gasteiger partial charge in [0.2, 0.25) is 6.29 Å². The largest absolute Gasteiger partial charge is 0.452 e. The molecule has 5 nitrogen and oxygen atoms in total. The van der Waals surface area contributed by atoms with E-state index >= 15 is 0 Å². The molecule has 0 spiro atoms. The van der Waals surface area contributed by atoms with Gasteiger partial charge in [-0.15, -0.1) is 11.3 Å². The number of amides is 1. The molecule has 0 radical (unpaired) electrons. The Balaban J connectivity index is 1.97. The second-order valence-corrected chi connectivity index (χ2v) is 7.35. The monoisotopic (exact) mass is 379 g/mol. The summed E-state index contributed by atoms with van der Waals surface area (Å²) in [5.41, 5.74) is 3.89. The Morgan fingerprint density at radius 1 is 1.32 bits per heavy atom. The second kappa shape index (κ2) is 6.69. The van der Waals surface area contributed by atoms with E-state index in [4.69, 9.17) is 21.1 Å². The van der Waals surface area contributed by atoms with Crippen LogP contribution in [0, 0.1) is 13.8 Å².